The lowest BCUT2D eigenvalue weighted by molar-refractivity contribution is 0.570. The first-order valence-corrected chi connectivity index (χ1v) is 11.3. The minimum absolute atomic E-state index is 0.274. The molecular weight excluding hydrogens is 398 g/mol. The number of hydrogen-bond donors (Lipinski definition) is 2. The number of nitrogen functional groups attached to an aromatic ring is 1. The molecule has 0 radical (unpaired) electrons. The predicted octanol–water partition coefficient (Wildman–Crippen LogP) is 3.46. The Kier molecular flexibility index (Phi) is 5.21. The smallest absolute Gasteiger partial charge is 0.240 e. The molecule has 8 heteroatoms. The molecule has 0 fully saturated rings. The van der Waals surface area contributed by atoms with Gasteiger partial charge in [0.15, 0.2) is 5.82 Å². The lowest BCUT2D eigenvalue weighted by atomic mass is 10.1. The highest BCUT2D eigenvalue weighted by Crippen LogP contribution is 2.26. The quantitative estimate of drug-likeness (QED) is 0.462. The molecule has 4 aromatic rings. The van der Waals surface area contributed by atoms with Crippen LogP contribution in [0.3, 0.4) is 0 Å². The summed E-state index contributed by atoms with van der Waals surface area (Å²) in [7, 11) is -3.57. The summed E-state index contributed by atoms with van der Waals surface area (Å²) < 4.78 is 30.2. The Morgan fingerprint density at radius 3 is 2.53 bits per heavy atom. The second kappa shape index (κ2) is 7.70. The molecule has 0 aliphatic rings. The van der Waals surface area contributed by atoms with Crippen LogP contribution in [0.15, 0.2) is 47.4 Å². The Labute approximate surface area is 176 Å². The molecule has 0 unspecified atom stereocenters. The van der Waals surface area contributed by atoms with E-state index in [-0.39, 0.29) is 4.90 Å². The maximum atomic E-state index is 12.7. The number of nitrogens with two attached hydrogens (primary N) is 1. The van der Waals surface area contributed by atoms with Crippen LogP contribution in [-0.2, 0) is 16.6 Å². The number of sulfonamides is 1. The molecule has 2 aromatic heterocycles. The highest BCUT2D eigenvalue weighted by atomic mass is 32.2. The summed E-state index contributed by atoms with van der Waals surface area (Å²) in [6.45, 7) is 6.81. The zero-order chi connectivity index (χ0) is 21.5. The average Bonchev–Trinajstić information content (AvgIpc) is 3.06. The fraction of sp³-hybridized carbons (Fsp3) is 0.273. The van der Waals surface area contributed by atoms with Crippen molar-refractivity contribution in [2.45, 2.75) is 38.6 Å². The number of fused-ring (bicyclic) bond motifs is 2. The van der Waals surface area contributed by atoms with Crippen molar-refractivity contribution in [3.63, 3.8) is 0 Å². The number of aromatic nitrogens is 3. The summed E-state index contributed by atoms with van der Waals surface area (Å²) in [4.78, 5) is 9.18. The van der Waals surface area contributed by atoms with Crippen LogP contribution in [0.2, 0.25) is 0 Å². The number of anilines is 1. The normalized spacial score (nSPS) is 12.1. The molecule has 7 nitrogen and oxygen atoms in total. The maximum Gasteiger partial charge on any atom is 0.240 e. The summed E-state index contributed by atoms with van der Waals surface area (Å²) in [6, 6.07) is 12.9. The molecule has 0 bridgehead atoms. The van der Waals surface area contributed by atoms with Gasteiger partial charge in [-0.05, 0) is 55.7 Å². The van der Waals surface area contributed by atoms with Crippen molar-refractivity contribution in [2.75, 3.05) is 12.3 Å². The van der Waals surface area contributed by atoms with Gasteiger partial charge in [-0.2, -0.15) is 0 Å². The molecule has 30 heavy (non-hydrogen) atoms. The van der Waals surface area contributed by atoms with E-state index in [2.05, 4.69) is 19.3 Å². The van der Waals surface area contributed by atoms with Crippen LogP contribution in [0.25, 0.3) is 21.8 Å². The van der Waals surface area contributed by atoms with E-state index in [0.717, 1.165) is 33.4 Å². The summed E-state index contributed by atoms with van der Waals surface area (Å²) in [5.74, 6) is 1.26. The number of hydrogen-bond acceptors (Lipinski definition) is 5. The fourth-order valence-corrected chi connectivity index (χ4v) is 4.86. The van der Waals surface area contributed by atoms with Gasteiger partial charge >= 0.3 is 0 Å². The first kappa shape index (κ1) is 20.3. The number of benzene rings is 2. The van der Waals surface area contributed by atoms with Crippen molar-refractivity contribution in [3.05, 3.63) is 59.5 Å². The molecular formula is C22H25N5O2S. The van der Waals surface area contributed by atoms with Crippen LogP contribution in [-0.4, -0.2) is 29.5 Å². The average molecular weight is 424 g/mol. The molecule has 0 aliphatic carbocycles. The third-order valence-corrected chi connectivity index (χ3v) is 6.93. The zero-order valence-corrected chi connectivity index (χ0v) is 18.1. The van der Waals surface area contributed by atoms with E-state index in [1.165, 1.54) is 0 Å². The molecule has 2 aromatic carbocycles. The Morgan fingerprint density at radius 2 is 1.77 bits per heavy atom. The molecule has 3 N–H and O–H groups in total. The van der Waals surface area contributed by atoms with Crippen LogP contribution in [0.5, 0.6) is 0 Å². The monoisotopic (exact) mass is 423 g/mol. The number of nitrogens with one attached hydrogen (secondary N) is 1. The molecule has 0 atom stereocenters. The first-order valence-electron chi connectivity index (χ1n) is 9.86. The van der Waals surface area contributed by atoms with Gasteiger partial charge in [-0.25, -0.2) is 23.1 Å². The standard InChI is InChI=1S/C22H25N5O2S/c1-14-15(2)25-22(23)20-21(14)27(16(3)26-20)12-6-11-24-30(28,29)19-10-9-17-7-4-5-8-18(17)13-19/h4-5,7-10,13,24H,6,11-12H2,1-3H3,(H2,23,25). The van der Waals surface area contributed by atoms with Crippen molar-refractivity contribution >= 4 is 37.6 Å². The van der Waals surface area contributed by atoms with Crippen LogP contribution < -0.4 is 10.5 Å². The van der Waals surface area contributed by atoms with Gasteiger partial charge in [0.05, 0.1) is 10.4 Å². The van der Waals surface area contributed by atoms with Gasteiger partial charge in [-0.3, -0.25) is 0 Å². The van der Waals surface area contributed by atoms with Gasteiger partial charge in [-0.1, -0.05) is 30.3 Å². The van der Waals surface area contributed by atoms with Crippen molar-refractivity contribution in [2.24, 2.45) is 0 Å². The molecule has 0 amide bonds. The first-order chi connectivity index (χ1) is 14.3. The molecule has 4 rings (SSSR count). The number of rotatable bonds is 6. The van der Waals surface area contributed by atoms with Crippen LogP contribution in [0.4, 0.5) is 5.82 Å². The van der Waals surface area contributed by atoms with Crippen LogP contribution in [0, 0.1) is 20.8 Å². The van der Waals surface area contributed by atoms with Crippen LogP contribution in [0.1, 0.15) is 23.5 Å². The van der Waals surface area contributed by atoms with Gasteiger partial charge in [0, 0.05) is 18.8 Å². The van der Waals surface area contributed by atoms with E-state index in [1.807, 2.05) is 51.1 Å². The largest absolute Gasteiger partial charge is 0.382 e. The third kappa shape index (κ3) is 3.64. The lowest BCUT2D eigenvalue weighted by Gasteiger charge is -2.11. The van der Waals surface area contributed by atoms with Gasteiger partial charge in [0.25, 0.3) is 0 Å². The van der Waals surface area contributed by atoms with Crippen molar-refractivity contribution in [3.8, 4) is 0 Å². The third-order valence-electron chi connectivity index (χ3n) is 5.47. The molecule has 2 heterocycles. The van der Waals surface area contributed by atoms with E-state index >= 15 is 0 Å². The van der Waals surface area contributed by atoms with E-state index in [4.69, 9.17) is 5.73 Å². The van der Waals surface area contributed by atoms with Gasteiger partial charge in [0.1, 0.15) is 11.3 Å². The maximum absolute atomic E-state index is 12.7. The number of pyridine rings is 1. The topological polar surface area (TPSA) is 103 Å². The van der Waals surface area contributed by atoms with Crippen molar-refractivity contribution in [1.82, 2.24) is 19.3 Å². The Morgan fingerprint density at radius 1 is 1.03 bits per heavy atom. The van der Waals surface area contributed by atoms with Crippen molar-refractivity contribution < 1.29 is 8.42 Å². The summed E-state index contributed by atoms with van der Waals surface area (Å²) in [5.41, 5.74) is 9.63. The number of aryl methyl sites for hydroxylation is 4. The highest BCUT2D eigenvalue weighted by molar-refractivity contribution is 7.89. The second-order valence-corrected chi connectivity index (χ2v) is 9.24. The summed E-state index contributed by atoms with van der Waals surface area (Å²) >= 11 is 0. The minimum atomic E-state index is -3.57. The lowest BCUT2D eigenvalue weighted by Crippen LogP contribution is -2.25. The number of nitrogens with zero attached hydrogens (tertiary/aromatic N) is 3. The molecule has 156 valence electrons. The van der Waals surface area contributed by atoms with Crippen LogP contribution >= 0.6 is 0 Å². The number of imidazole rings is 1. The SMILES string of the molecule is Cc1nc(N)c2nc(C)n(CCCNS(=O)(=O)c3ccc4ccccc4c3)c2c1C. The summed E-state index contributed by atoms with van der Waals surface area (Å²) in [5, 5.41) is 1.91. The zero-order valence-electron chi connectivity index (χ0n) is 17.3. The van der Waals surface area contributed by atoms with E-state index < -0.39 is 10.0 Å². The Balaban J connectivity index is 1.49. The van der Waals surface area contributed by atoms with Gasteiger partial charge in [0.2, 0.25) is 10.0 Å². The second-order valence-electron chi connectivity index (χ2n) is 7.48. The fourth-order valence-electron chi connectivity index (χ4n) is 3.75. The summed E-state index contributed by atoms with van der Waals surface area (Å²) in [6.07, 6.45) is 0.625. The highest BCUT2D eigenvalue weighted by Gasteiger charge is 2.17. The molecule has 0 saturated heterocycles. The van der Waals surface area contributed by atoms with Gasteiger partial charge in [-0.15, -0.1) is 0 Å². The molecule has 0 aliphatic heterocycles. The molecule has 0 spiro atoms. The predicted molar refractivity (Wildman–Crippen MR) is 120 cm³/mol. The van der Waals surface area contributed by atoms with E-state index in [1.54, 1.807) is 12.1 Å². The van der Waals surface area contributed by atoms with E-state index in [9.17, 15) is 8.42 Å². The minimum Gasteiger partial charge on any atom is -0.382 e. The van der Waals surface area contributed by atoms with E-state index in [0.29, 0.717) is 30.8 Å². The molecule has 0 saturated carbocycles. The van der Waals surface area contributed by atoms with Gasteiger partial charge < -0.3 is 10.3 Å². The van der Waals surface area contributed by atoms with Crippen molar-refractivity contribution in [1.29, 1.82) is 0 Å². The Bertz CT molecular complexity index is 1360. The Hall–Kier alpha value is -2.97.